The summed E-state index contributed by atoms with van der Waals surface area (Å²) in [4.78, 5) is 14.1. The number of carbonyl (C=O) groups is 1. The second kappa shape index (κ2) is 15.3. The highest BCUT2D eigenvalue weighted by molar-refractivity contribution is 8.55. The summed E-state index contributed by atoms with van der Waals surface area (Å²) in [5.74, 6) is 0.777. The minimum absolute atomic E-state index is 0.0694. The first kappa shape index (κ1) is 25.0. The Morgan fingerprint density at radius 3 is 1.83 bits per heavy atom. The molecule has 0 saturated heterocycles. The van der Waals surface area contributed by atoms with Crippen LogP contribution in [-0.2, 0) is 13.6 Å². The zero-order valence-corrected chi connectivity index (χ0v) is 17.3. The lowest BCUT2D eigenvalue weighted by Crippen LogP contribution is -2.31. The predicted octanol–water partition coefficient (Wildman–Crippen LogP) is 3.13. The molecule has 9 heteroatoms. The maximum absolute atomic E-state index is 12.1. The highest BCUT2D eigenvalue weighted by atomic mass is 32.7. The number of carbonyl (C=O) groups excluding carboxylic acids is 1. The van der Waals surface area contributed by atoms with E-state index in [1.54, 1.807) is 21.1 Å². The molecule has 0 aromatic heterocycles. The first-order valence-corrected chi connectivity index (χ1v) is 11.1. The van der Waals surface area contributed by atoms with Crippen molar-refractivity contribution in [2.75, 3.05) is 59.7 Å². The summed E-state index contributed by atoms with van der Waals surface area (Å²) < 4.78 is 22.5. The van der Waals surface area contributed by atoms with Gasteiger partial charge in [0, 0.05) is 33.4 Å². The van der Waals surface area contributed by atoms with E-state index in [0.717, 1.165) is 25.4 Å². The number of rotatable bonds is 10. The van der Waals surface area contributed by atoms with Crippen molar-refractivity contribution in [2.24, 2.45) is 0 Å². The first-order chi connectivity index (χ1) is 10.8. The SMILES string of the molecule is CCOP(=O)(OCC)SCCN(CC)CC.CNC(=O)N(C)C. The number of urea groups is 1. The summed E-state index contributed by atoms with van der Waals surface area (Å²) in [6.45, 7) is 8.81. The summed E-state index contributed by atoms with van der Waals surface area (Å²) in [7, 11) is 4.99. The largest absolute Gasteiger partial charge is 0.389 e. The van der Waals surface area contributed by atoms with Gasteiger partial charge in [-0.2, -0.15) is 0 Å². The molecule has 0 fully saturated rings. The maximum atomic E-state index is 12.1. The van der Waals surface area contributed by atoms with Crippen molar-refractivity contribution in [3.05, 3.63) is 0 Å². The average Bonchev–Trinajstić information content (AvgIpc) is 2.51. The number of amides is 2. The molecule has 0 atom stereocenters. The molecule has 0 radical (unpaired) electrons. The Bertz CT molecular complexity index is 332. The van der Waals surface area contributed by atoms with E-state index in [2.05, 4.69) is 24.1 Å². The van der Waals surface area contributed by atoms with Gasteiger partial charge in [0.05, 0.1) is 13.2 Å². The number of hydrogen-bond acceptors (Lipinski definition) is 6. The van der Waals surface area contributed by atoms with Crippen LogP contribution in [-0.4, -0.2) is 75.6 Å². The predicted molar refractivity (Wildman–Crippen MR) is 99.2 cm³/mol. The molecule has 0 bridgehead atoms. The van der Waals surface area contributed by atoms with E-state index >= 15 is 0 Å². The minimum atomic E-state index is -2.91. The normalized spacial score (nSPS) is 11.0. The van der Waals surface area contributed by atoms with E-state index in [4.69, 9.17) is 9.05 Å². The molecule has 140 valence electrons. The molecule has 0 rings (SSSR count). The van der Waals surface area contributed by atoms with Gasteiger partial charge in [0.15, 0.2) is 0 Å². The third-order valence-electron chi connectivity index (χ3n) is 2.75. The van der Waals surface area contributed by atoms with Crippen molar-refractivity contribution in [1.82, 2.24) is 15.1 Å². The molecule has 0 saturated carbocycles. The van der Waals surface area contributed by atoms with Gasteiger partial charge in [-0.15, -0.1) is 0 Å². The van der Waals surface area contributed by atoms with Crippen molar-refractivity contribution in [2.45, 2.75) is 27.7 Å². The first-order valence-electron chi connectivity index (χ1n) is 7.95. The second-order valence-corrected chi connectivity index (χ2v) is 8.79. The van der Waals surface area contributed by atoms with Gasteiger partial charge in [-0.1, -0.05) is 13.8 Å². The molecule has 0 spiro atoms. The maximum Gasteiger partial charge on any atom is 0.389 e. The van der Waals surface area contributed by atoms with Crippen LogP contribution in [0.1, 0.15) is 27.7 Å². The van der Waals surface area contributed by atoms with Crippen LogP contribution in [0.15, 0.2) is 0 Å². The van der Waals surface area contributed by atoms with Crippen LogP contribution in [0.4, 0.5) is 4.79 Å². The number of nitrogens with one attached hydrogen (secondary N) is 1. The lowest BCUT2D eigenvalue weighted by atomic mass is 10.5. The highest BCUT2D eigenvalue weighted by Gasteiger charge is 2.24. The Kier molecular flexibility index (Phi) is 16.6. The van der Waals surface area contributed by atoms with Gasteiger partial charge in [0.25, 0.3) is 0 Å². The summed E-state index contributed by atoms with van der Waals surface area (Å²) in [5, 5.41) is 2.45. The third-order valence-corrected chi connectivity index (χ3v) is 6.70. The molecule has 0 aliphatic rings. The standard InChI is InChI=1S/C10H24NO3PS.C4H10N2O/c1-5-11(6-2)9-10-16-15(12,13-7-3)14-8-4;1-5-4(7)6(2)3/h5-10H2,1-4H3;1-3H3,(H,5,7). The van der Waals surface area contributed by atoms with Crippen LogP contribution >= 0.6 is 18.2 Å². The fourth-order valence-electron chi connectivity index (χ4n) is 1.47. The Balaban J connectivity index is 0. The summed E-state index contributed by atoms with van der Waals surface area (Å²) in [5.41, 5.74) is 0. The lowest BCUT2D eigenvalue weighted by Gasteiger charge is -2.20. The molecule has 0 unspecified atom stereocenters. The Labute approximate surface area is 145 Å². The molecular weight excluding hydrogens is 337 g/mol. The van der Waals surface area contributed by atoms with Crippen molar-refractivity contribution >= 4 is 24.2 Å². The van der Waals surface area contributed by atoms with Gasteiger partial charge in [-0.05, 0) is 38.3 Å². The van der Waals surface area contributed by atoms with Crippen LogP contribution < -0.4 is 5.32 Å². The molecule has 2 amide bonds. The lowest BCUT2D eigenvalue weighted by molar-refractivity contribution is 0.219. The van der Waals surface area contributed by atoms with Crippen LogP contribution in [0.2, 0.25) is 0 Å². The third kappa shape index (κ3) is 13.8. The van der Waals surface area contributed by atoms with Crippen LogP contribution in [0, 0.1) is 0 Å². The molecule has 0 aromatic rings. The molecule has 0 aliphatic heterocycles. The van der Waals surface area contributed by atoms with Crippen molar-refractivity contribution in [1.29, 1.82) is 0 Å². The highest BCUT2D eigenvalue weighted by Crippen LogP contribution is 2.60. The fraction of sp³-hybridized carbons (Fsp3) is 0.929. The van der Waals surface area contributed by atoms with Gasteiger partial charge in [0.2, 0.25) is 0 Å². The summed E-state index contributed by atoms with van der Waals surface area (Å²) in [6.07, 6.45) is 0. The molecule has 7 nitrogen and oxygen atoms in total. The minimum Gasteiger partial charge on any atom is -0.341 e. The van der Waals surface area contributed by atoms with Gasteiger partial charge in [-0.25, -0.2) is 9.36 Å². The monoisotopic (exact) mass is 371 g/mol. The van der Waals surface area contributed by atoms with E-state index in [1.807, 2.05) is 13.8 Å². The van der Waals surface area contributed by atoms with Gasteiger partial charge >= 0.3 is 12.8 Å². The molecule has 1 N–H and O–H groups in total. The van der Waals surface area contributed by atoms with E-state index in [-0.39, 0.29) is 6.03 Å². The van der Waals surface area contributed by atoms with Crippen LogP contribution in [0.3, 0.4) is 0 Å². The zero-order valence-electron chi connectivity index (χ0n) is 15.6. The van der Waals surface area contributed by atoms with Crippen molar-refractivity contribution < 1.29 is 18.4 Å². The van der Waals surface area contributed by atoms with Crippen LogP contribution in [0.5, 0.6) is 0 Å². The van der Waals surface area contributed by atoms with E-state index in [0.29, 0.717) is 13.2 Å². The van der Waals surface area contributed by atoms with Gasteiger partial charge < -0.3 is 24.2 Å². The number of nitrogens with zero attached hydrogens (tertiary/aromatic N) is 2. The Morgan fingerprint density at radius 1 is 1.09 bits per heavy atom. The van der Waals surface area contributed by atoms with E-state index in [1.165, 1.54) is 16.3 Å². The average molecular weight is 371 g/mol. The smallest absolute Gasteiger partial charge is 0.341 e. The molecule has 0 aliphatic carbocycles. The molecule has 23 heavy (non-hydrogen) atoms. The van der Waals surface area contributed by atoms with E-state index < -0.39 is 6.80 Å². The number of hydrogen-bond donors (Lipinski definition) is 1. The summed E-state index contributed by atoms with van der Waals surface area (Å²) in [6, 6.07) is -0.0694. The molecule has 0 aromatic carbocycles. The van der Waals surface area contributed by atoms with Crippen LogP contribution in [0.25, 0.3) is 0 Å². The Hall–Kier alpha value is -0.270. The zero-order chi connectivity index (χ0) is 18.3. The Morgan fingerprint density at radius 2 is 1.57 bits per heavy atom. The van der Waals surface area contributed by atoms with E-state index in [9.17, 15) is 9.36 Å². The van der Waals surface area contributed by atoms with Crippen molar-refractivity contribution in [3.8, 4) is 0 Å². The quantitative estimate of drug-likeness (QED) is 0.595. The second-order valence-electron chi connectivity index (χ2n) is 4.59. The van der Waals surface area contributed by atoms with Gasteiger partial charge in [-0.3, -0.25) is 0 Å². The fourth-order valence-corrected chi connectivity index (χ4v) is 4.89. The van der Waals surface area contributed by atoms with Gasteiger partial charge in [0.1, 0.15) is 0 Å². The molecule has 0 heterocycles. The summed E-state index contributed by atoms with van der Waals surface area (Å²) >= 11 is 1.30. The molecular formula is C14H34N3O4PS. The van der Waals surface area contributed by atoms with Crippen molar-refractivity contribution in [3.63, 3.8) is 0 Å². The topological polar surface area (TPSA) is 71.1 Å².